The lowest BCUT2D eigenvalue weighted by Crippen LogP contribution is -2.48. The Morgan fingerprint density at radius 2 is 1.41 bits per heavy atom. The van der Waals surface area contributed by atoms with Gasteiger partial charge in [0.25, 0.3) is 0 Å². The van der Waals surface area contributed by atoms with E-state index in [0.29, 0.717) is 5.92 Å². The van der Waals surface area contributed by atoms with Crippen LogP contribution in [0.2, 0.25) is 0 Å². The summed E-state index contributed by atoms with van der Waals surface area (Å²) in [5.74, 6) is 0.518. The van der Waals surface area contributed by atoms with Crippen molar-refractivity contribution in [1.82, 2.24) is 0 Å². The Morgan fingerprint density at radius 3 is 1.82 bits per heavy atom. The Bertz CT molecular complexity index is 477. The highest BCUT2D eigenvalue weighted by molar-refractivity contribution is 6.49. The van der Waals surface area contributed by atoms with Crippen LogP contribution in [-0.2, 0) is 14.6 Å². The van der Waals surface area contributed by atoms with Crippen LogP contribution in [0, 0.1) is 5.92 Å². The first-order chi connectivity index (χ1) is 10.2. The molecular weight excluding hydrogens is 271 g/mol. The van der Waals surface area contributed by atoms with E-state index < -0.39 is 0 Å². The van der Waals surface area contributed by atoms with Gasteiger partial charge in [0.15, 0.2) is 0 Å². The molecule has 2 rings (SSSR count). The van der Waals surface area contributed by atoms with Crippen molar-refractivity contribution in [3.8, 4) is 0 Å². The third kappa shape index (κ3) is 2.74. The van der Waals surface area contributed by atoms with Gasteiger partial charge in [-0.3, -0.25) is 0 Å². The van der Waals surface area contributed by atoms with Crippen molar-refractivity contribution in [2.45, 2.75) is 77.8 Å². The molecule has 22 heavy (non-hydrogen) atoms. The topological polar surface area (TPSA) is 18.5 Å². The van der Waals surface area contributed by atoms with Gasteiger partial charge in [0.2, 0.25) is 0 Å². The maximum absolute atomic E-state index is 6.45. The van der Waals surface area contributed by atoms with Crippen LogP contribution in [0.3, 0.4) is 0 Å². The lowest BCUT2D eigenvalue weighted by atomic mass is 9.48. The summed E-state index contributed by atoms with van der Waals surface area (Å²) in [7, 11) is -0.218. The highest BCUT2D eigenvalue weighted by Gasteiger charge is 2.59. The van der Waals surface area contributed by atoms with Gasteiger partial charge in [-0.15, -0.1) is 0 Å². The molecule has 1 aliphatic heterocycles. The summed E-state index contributed by atoms with van der Waals surface area (Å²) in [5.41, 5.74) is 0.724. The molecule has 1 unspecified atom stereocenters. The summed E-state index contributed by atoms with van der Waals surface area (Å²) < 4.78 is 12.9. The molecule has 0 saturated carbocycles. The molecular formula is C19H31BO2. The van der Waals surface area contributed by atoms with Crippen LogP contribution in [0.5, 0.6) is 0 Å². The minimum Gasteiger partial charge on any atom is -0.403 e. The first kappa shape index (κ1) is 17.6. The standard InChI is InChI=1S/C19H31BO2/c1-8-15(9-2)19(7,16-13-11-10-12-14-16)20-21-17(3,4)18(5,6)22-20/h10-15H,8-9H2,1-7H3. The predicted octanol–water partition coefficient (Wildman–Crippen LogP) is 5.01. The van der Waals surface area contributed by atoms with Gasteiger partial charge in [0, 0.05) is 5.31 Å². The van der Waals surface area contributed by atoms with E-state index in [-0.39, 0.29) is 23.6 Å². The summed E-state index contributed by atoms with van der Waals surface area (Å²) in [6.45, 7) is 15.4. The number of benzene rings is 1. The second-order valence-corrected chi connectivity index (χ2v) is 7.75. The van der Waals surface area contributed by atoms with Crippen LogP contribution >= 0.6 is 0 Å². The summed E-state index contributed by atoms with van der Waals surface area (Å²) >= 11 is 0. The summed E-state index contributed by atoms with van der Waals surface area (Å²) in [5, 5.41) is -0.143. The van der Waals surface area contributed by atoms with Crippen molar-refractivity contribution in [3.05, 3.63) is 35.9 Å². The van der Waals surface area contributed by atoms with Crippen molar-refractivity contribution in [3.63, 3.8) is 0 Å². The highest BCUT2D eigenvalue weighted by atomic mass is 16.7. The van der Waals surface area contributed by atoms with E-state index in [2.05, 4.69) is 78.8 Å². The maximum Gasteiger partial charge on any atom is 0.469 e. The Balaban J connectivity index is 2.47. The van der Waals surface area contributed by atoms with Crippen molar-refractivity contribution in [2.24, 2.45) is 5.92 Å². The lowest BCUT2D eigenvalue weighted by molar-refractivity contribution is 0.00578. The molecule has 1 heterocycles. The molecule has 1 fully saturated rings. The van der Waals surface area contributed by atoms with Gasteiger partial charge in [-0.1, -0.05) is 63.9 Å². The van der Waals surface area contributed by atoms with Crippen LogP contribution in [0.15, 0.2) is 30.3 Å². The van der Waals surface area contributed by atoms with E-state index in [0.717, 1.165) is 12.8 Å². The smallest absolute Gasteiger partial charge is 0.403 e. The zero-order chi connectivity index (χ0) is 16.6. The second-order valence-electron chi connectivity index (χ2n) is 7.75. The average Bonchev–Trinajstić information content (AvgIpc) is 2.69. The number of rotatable bonds is 5. The second kappa shape index (κ2) is 6.01. The molecule has 122 valence electrons. The molecule has 1 aliphatic rings. The minimum absolute atomic E-state index is 0.143. The summed E-state index contributed by atoms with van der Waals surface area (Å²) in [6, 6.07) is 10.7. The van der Waals surface area contributed by atoms with Gasteiger partial charge in [0.05, 0.1) is 11.2 Å². The molecule has 3 heteroatoms. The van der Waals surface area contributed by atoms with E-state index in [4.69, 9.17) is 9.31 Å². The van der Waals surface area contributed by atoms with Crippen LogP contribution in [0.25, 0.3) is 0 Å². The quantitative estimate of drug-likeness (QED) is 0.712. The van der Waals surface area contributed by atoms with Crippen LogP contribution in [0.4, 0.5) is 0 Å². The Morgan fingerprint density at radius 1 is 0.955 bits per heavy atom. The van der Waals surface area contributed by atoms with Crippen LogP contribution < -0.4 is 0 Å². The van der Waals surface area contributed by atoms with Crippen molar-refractivity contribution in [2.75, 3.05) is 0 Å². The zero-order valence-electron chi connectivity index (χ0n) is 15.3. The maximum atomic E-state index is 6.45. The van der Waals surface area contributed by atoms with Gasteiger partial charge < -0.3 is 9.31 Å². The van der Waals surface area contributed by atoms with Gasteiger partial charge in [0.1, 0.15) is 0 Å². The zero-order valence-corrected chi connectivity index (χ0v) is 15.3. The molecule has 0 bridgehead atoms. The van der Waals surface area contributed by atoms with Gasteiger partial charge in [-0.25, -0.2) is 0 Å². The van der Waals surface area contributed by atoms with Crippen LogP contribution in [0.1, 0.15) is 66.9 Å². The molecule has 0 aromatic heterocycles. The van der Waals surface area contributed by atoms with Gasteiger partial charge in [-0.05, 0) is 39.2 Å². The molecule has 0 spiro atoms. The van der Waals surface area contributed by atoms with E-state index in [1.807, 2.05) is 0 Å². The highest BCUT2D eigenvalue weighted by Crippen LogP contribution is 2.47. The lowest BCUT2D eigenvalue weighted by Gasteiger charge is -2.39. The fourth-order valence-electron chi connectivity index (χ4n) is 3.59. The fourth-order valence-corrected chi connectivity index (χ4v) is 3.59. The molecule has 2 nitrogen and oxygen atoms in total. The Labute approximate surface area is 136 Å². The third-order valence-electron chi connectivity index (χ3n) is 5.97. The molecule has 0 aliphatic carbocycles. The molecule has 1 saturated heterocycles. The minimum atomic E-state index is -0.292. The molecule has 1 atom stereocenters. The molecule has 1 aromatic rings. The first-order valence-electron chi connectivity index (χ1n) is 8.60. The first-order valence-corrected chi connectivity index (χ1v) is 8.60. The van der Waals surface area contributed by atoms with Crippen LogP contribution in [-0.4, -0.2) is 18.3 Å². The van der Waals surface area contributed by atoms with Crippen molar-refractivity contribution in [1.29, 1.82) is 0 Å². The van der Waals surface area contributed by atoms with Gasteiger partial charge in [-0.2, -0.15) is 0 Å². The molecule has 0 radical (unpaired) electrons. The molecule has 0 N–H and O–H groups in total. The van der Waals surface area contributed by atoms with E-state index in [9.17, 15) is 0 Å². The van der Waals surface area contributed by atoms with E-state index >= 15 is 0 Å². The monoisotopic (exact) mass is 302 g/mol. The normalized spacial score (nSPS) is 22.8. The third-order valence-corrected chi connectivity index (χ3v) is 5.97. The predicted molar refractivity (Wildman–Crippen MR) is 93.9 cm³/mol. The van der Waals surface area contributed by atoms with Crippen molar-refractivity contribution < 1.29 is 9.31 Å². The summed E-state index contributed by atoms with van der Waals surface area (Å²) in [6.07, 6.45) is 2.23. The van der Waals surface area contributed by atoms with E-state index in [1.54, 1.807) is 0 Å². The summed E-state index contributed by atoms with van der Waals surface area (Å²) in [4.78, 5) is 0. The molecule has 1 aromatic carbocycles. The van der Waals surface area contributed by atoms with E-state index in [1.165, 1.54) is 5.56 Å². The largest absolute Gasteiger partial charge is 0.469 e. The fraction of sp³-hybridized carbons (Fsp3) is 0.684. The number of hydrogen-bond donors (Lipinski definition) is 0. The van der Waals surface area contributed by atoms with Gasteiger partial charge >= 0.3 is 7.12 Å². The number of hydrogen-bond acceptors (Lipinski definition) is 2. The molecule has 0 amide bonds. The van der Waals surface area contributed by atoms with Crippen molar-refractivity contribution >= 4 is 7.12 Å². The SMILES string of the molecule is CCC(CC)C(C)(B1OC(C)(C)C(C)(C)O1)c1ccccc1. The Hall–Kier alpha value is -0.795. The average molecular weight is 302 g/mol. The Kier molecular flexibility index (Phi) is 4.80.